The Labute approximate surface area is 119 Å². The molecule has 1 unspecified atom stereocenters. The Hall–Kier alpha value is -0.170. The zero-order chi connectivity index (χ0) is 15.1. The van der Waals surface area contributed by atoms with Crippen molar-refractivity contribution in [2.75, 3.05) is 33.7 Å². The summed E-state index contributed by atoms with van der Waals surface area (Å²) in [7, 11) is 0.00175. The van der Waals surface area contributed by atoms with E-state index >= 15 is 0 Å². The van der Waals surface area contributed by atoms with Gasteiger partial charge in [-0.15, -0.1) is 0 Å². The van der Waals surface area contributed by atoms with Gasteiger partial charge in [0.25, 0.3) is 10.2 Å². The van der Waals surface area contributed by atoms with Crippen molar-refractivity contribution in [3.8, 4) is 0 Å². The minimum Gasteiger partial charge on any atom is -0.314 e. The van der Waals surface area contributed by atoms with Gasteiger partial charge in [-0.3, -0.25) is 0 Å². The van der Waals surface area contributed by atoms with E-state index in [0.29, 0.717) is 25.0 Å². The number of hydrogen-bond acceptors (Lipinski definition) is 3. The van der Waals surface area contributed by atoms with Crippen molar-refractivity contribution < 1.29 is 8.42 Å². The van der Waals surface area contributed by atoms with Crippen LogP contribution in [0.4, 0.5) is 0 Å². The predicted molar refractivity (Wildman–Crippen MR) is 81.4 cm³/mol. The predicted octanol–water partition coefficient (Wildman–Crippen LogP) is 1.53. The topological polar surface area (TPSA) is 52.7 Å². The van der Waals surface area contributed by atoms with Crippen LogP contribution in [0.15, 0.2) is 0 Å². The highest BCUT2D eigenvalue weighted by Crippen LogP contribution is 2.09. The van der Waals surface area contributed by atoms with Crippen molar-refractivity contribution in [1.82, 2.24) is 13.9 Å². The average Bonchev–Trinajstić information content (AvgIpc) is 2.33. The van der Waals surface area contributed by atoms with Crippen LogP contribution in [0.3, 0.4) is 0 Å². The second-order valence-electron chi connectivity index (χ2n) is 5.59. The molecule has 116 valence electrons. The van der Waals surface area contributed by atoms with Gasteiger partial charge in [0.1, 0.15) is 0 Å². The largest absolute Gasteiger partial charge is 0.314 e. The van der Waals surface area contributed by atoms with Crippen LogP contribution in [0.5, 0.6) is 0 Å². The first-order valence-corrected chi connectivity index (χ1v) is 8.52. The van der Waals surface area contributed by atoms with Gasteiger partial charge in [0, 0.05) is 33.2 Å². The SMILES string of the molecule is CCC(C)CN(C)S(=O)(=O)N(C)CCCNC(C)C. The van der Waals surface area contributed by atoms with Crippen molar-refractivity contribution in [3.05, 3.63) is 0 Å². The Morgan fingerprint density at radius 3 is 2.16 bits per heavy atom. The van der Waals surface area contributed by atoms with E-state index in [2.05, 4.69) is 33.0 Å². The van der Waals surface area contributed by atoms with Gasteiger partial charge >= 0.3 is 0 Å². The third-order valence-electron chi connectivity index (χ3n) is 3.26. The quantitative estimate of drug-likeness (QED) is 0.622. The van der Waals surface area contributed by atoms with Crippen molar-refractivity contribution in [2.24, 2.45) is 5.92 Å². The molecule has 0 aliphatic heterocycles. The molecule has 0 saturated heterocycles. The maximum absolute atomic E-state index is 12.2. The molecule has 0 heterocycles. The van der Waals surface area contributed by atoms with Crippen molar-refractivity contribution in [2.45, 2.75) is 46.6 Å². The van der Waals surface area contributed by atoms with E-state index < -0.39 is 10.2 Å². The van der Waals surface area contributed by atoms with Crippen LogP contribution in [0.2, 0.25) is 0 Å². The molecule has 0 amide bonds. The third kappa shape index (κ3) is 7.25. The smallest absolute Gasteiger partial charge is 0.281 e. The molecule has 0 aromatic rings. The fourth-order valence-electron chi connectivity index (χ4n) is 1.71. The van der Waals surface area contributed by atoms with Gasteiger partial charge in [-0.05, 0) is 18.9 Å². The number of nitrogens with one attached hydrogen (secondary N) is 1. The Morgan fingerprint density at radius 1 is 1.11 bits per heavy atom. The standard InChI is InChI=1S/C13H31N3O2S/c1-7-13(4)11-16(6)19(17,18)15(5)10-8-9-14-12(2)3/h12-14H,7-11H2,1-6H3. The summed E-state index contributed by atoms with van der Waals surface area (Å²) >= 11 is 0. The van der Waals surface area contributed by atoms with Gasteiger partial charge in [0.15, 0.2) is 0 Å². The van der Waals surface area contributed by atoms with Gasteiger partial charge in [-0.2, -0.15) is 17.0 Å². The van der Waals surface area contributed by atoms with Gasteiger partial charge in [-0.1, -0.05) is 34.1 Å². The normalized spacial score (nSPS) is 14.6. The van der Waals surface area contributed by atoms with Gasteiger partial charge < -0.3 is 5.32 Å². The first-order valence-electron chi connectivity index (χ1n) is 7.12. The number of rotatable bonds is 10. The molecule has 0 aromatic carbocycles. The van der Waals surface area contributed by atoms with Gasteiger partial charge in [-0.25, -0.2) is 0 Å². The van der Waals surface area contributed by atoms with E-state index in [4.69, 9.17) is 0 Å². The Balaban J connectivity index is 4.23. The summed E-state index contributed by atoms with van der Waals surface area (Å²) in [6.07, 6.45) is 1.81. The molecule has 0 saturated carbocycles. The van der Waals surface area contributed by atoms with Crippen LogP contribution < -0.4 is 5.32 Å². The van der Waals surface area contributed by atoms with Gasteiger partial charge in [0.05, 0.1) is 0 Å². The first-order chi connectivity index (χ1) is 8.71. The minimum absolute atomic E-state index is 0.385. The van der Waals surface area contributed by atoms with Crippen LogP contribution in [0.25, 0.3) is 0 Å². The molecule has 19 heavy (non-hydrogen) atoms. The minimum atomic E-state index is -3.31. The molecule has 0 radical (unpaired) electrons. The van der Waals surface area contributed by atoms with Crippen LogP contribution in [0, 0.1) is 5.92 Å². The third-order valence-corrected chi connectivity index (χ3v) is 5.16. The molecule has 6 heteroatoms. The van der Waals surface area contributed by atoms with E-state index in [-0.39, 0.29) is 0 Å². The molecular weight excluding hydrogens is 262 g/mol. The summed E-state index contributed by atoms with van der Waals surface area (Å²) in [5.41, 5.74) is 0. The van der Waals surface area contributed by atoms with E-state index in [1.54, 1.807) is 14.1 Å². The van der Waals surface area contributed by atoms with Crippen LogP contribution in [-0.2, 0) is 10.2 Å². The zero-order valence-corrected chi connectivity index (χ0v) is 14.1. The lowest BCUT2D eigenvalue weighted by atomic mass is 10.1. The zero-order valence-electron chi connectivity index (χ0n) is 13.3. The van der Waals surface area contributed by atoms with Crippen molar-refractivity contribution >= 4 is 10.2 Å². The highest BCUT2D eigenvalue weighted by Gasteiger charge is 2.23. The van der Waals surface area contributed by atoms with E-state index in [1.165, 1.54) is 8.61 Å². The van der Waals surface area contributed by atoms with Crippen molar-refractivity contribution in [1.29, 1.82) is 0 Å². The molecule has 0 fully saturated rings. The second kappa shape index (κ2) is 8.89. The Bertz CT molecular complexity index is 331. The highest BCUT2D eigenvalue weighted by molar-refractivity contribution is 7.86. The summed E-state index contributed by atoms with van der Waals surface area (Å²) in [5.74, 6) is 0.385. The van der Waals surface area contributed by atoms with Crippen molar-refractivity contribution in [3.63, 3.8) is 0 Å². The molecule has 0 aliphatic rings. The molecule has 0 spiro atoms. The lowest BCUT2D eigenvalue weighted by Gasteiger charge is -2.26. The lowest BCUT2D eigenvalue weighted by Crippen LogP contribution is -2.42. The monoisotopic (exact) mass is 293 g/mol. The maximum Gasteiger partial charge on any atom is 0.281 e. The molecular formula is C13H31N3O2S. The molecule has 5 nitrogen and oxygen atoms in total. The summed E-state index contributed by atoms with van der Waals surface area (Å²) in [5, 5.41) is 3.29. The summed E-state index contributed by atoms with van der Waals surface area (Å²) in [4.78, 5) is 0. The Morgan fingerprint density at radius 2 is 1.68 bits per heavy atom. The van der Waals surface area contributed by atoms with Crippen LogP contribution >= 0.6 is 0 Å². The average molecular weight is 293 g/mol. The summed E-state index contributed by atoms with van der Waals surface area (Å²) in [6.45, 7) is 10.3. The molecule has 0 aromatic heterocycles. The van der Waals surface area contributed by atoms with E-state index in [9.17, 15) is 8.42 Å². The molecule has 1 atom stereocenters. The summed E-state index contributed by atoms with van der Waals surface area (Å²) in [6, 6.07) is 0.440. The molecule has 0 bridgehead atoms. The van der Waals surface area contributed by atoms with Crippen LogP contribution in [-0.4, -0.2) is 56.8 Å². The van der Waals surface area contributed by atoms with Gasteiger partial charge in [0.2, 0.25) is 0 Å². The first kappa shape index (κ1) is 18.8. The second-order valence-corrected chi connectivity index (χ2v) is 7.73. The fraction of sp³-hybridized carbons (Fsp3) is 1.00. The number of nitrogens with zero attached hydrogens (tertiary/aromatic N) is 2. The molecule has 0 aliphatic carbocycles. The Kier molecular flexibility index (Phi) is 8.81. The van der Waals surface area contributed by atoms with Crippen LogP contribution in [0.1, 0.15) is 40.5 Å². The van der Waals surface area contributed by atoms with E-state index in [1.807, 2.05) is 0 Å². The highest BCUT2D eigenvalue weighted by atomic mass is 32.2. The maximum atomic E-state index is 12.2. The lowest BCUT2D eigenvalue weighted by molar-refractivity contribution is 0.350. The molecule has 0 rings (SSSR count). The van der Waals surface area contributed by atoms with E-state index in [0.717, 1.165) is 19.4 Å². The summed E-state index contributed by atoms with van der Waals surface area (Å²) < 4.78 is 27.4. The molecule has 1 N–H and O–H groups in total. The number of hydrogen-bond donors (Lipinski definition) is 1. The fourth-order valence-corrected chi connectivity index (χ4v) is 2.99.